The van der Waals surface area contributed by atoms with Crippen LogP contribution in [0, 0.1) is 0 Å². The van der Waals surface area contributed by atoms with Crippen LogP contribution in [0.5, 0.6) is 0 Å². The van der Waals surface area contributed by atoms with Gasteiger partial charge in [0.15, 0.2) is 0 Å². The second-order valence-corrected chi connectivity index (χ2v) is 9.57. The highest BCUT2D eigenvalue weighted by Crippen LogP contribution is 2.30. The van der Waals surface area contributed by atoms with Gasteiger partial charge in [0.1, 0.15) is 13.2 Å². The molecule has 0 aliphatic carbocycles. The molecule has 0 aromatic carbocycles. The van der Waals surface area contributed by atoms with Crippen LogP contribution in [-0.2, 0) is 9.47 Å². The van der Waals surface area contributed by atoms with Crippen LogP contribution in [0.4, 0.5) is 15.4 Å². The smallest absolute Gasteiger partial charge is 0.425 e. The molecule has 0 unspecified atom stereocenters. The molecule has 2 amide bonds. The summed E-state index contributed by atoms with van der Waals surface area (Å²) in [4.78, 5) is 28.9. The third kappa shape index (κ3) is 6.07. The number of aromatic nitrogens is 2. The van der Waals surface area contributed by atoms with Crippen LogP contribution >= 0.6 is 69.6 Å². The molecule has 8 nitrogen and oxygen atoms in total. The molecule has 0 saturated heterocycles. The molecule has 14 heteroatoms. The number of nitrogens with zero attached hydrogens (tertiary/aromatic N) is 3. The Balaban J connectivity index is 2.32. The molecule has 0 fully saturated rings. The van der Waals surface area contributed by atoms with Crippen molar-refractivity contribution in [1.29, 1.82) is 0 Å². The number of rotatable bonds is 3. The maximum absolute atomic E-state index is 12.3. The van der Waals surface area contributed by atoms with Gasteiger partial charge < -0.3 is 14.0 Å². The van der Waals surface area contributed by atoms with E-state index in [1.165, 1.54) is 18.3 Å². The van der Waals surface area contributed by atoms with E-state index >= 15 is 0 Å². The van der Waals surface area contributed by atoms with Crippen molar-refractivity contribution in [2.45, 2.75) is 7.59 Å². The van der Waals surface area contributed by atoms with Crippen molar-refractivity contribution in [3.05, 3.63) is 18.3 Å². The summed E-state index contributed by atoms with van der Waals surface area (Å²) in [7, 11) is 0. The number of anilines is 1. The summed E-state index contributed by atoms with van der Waals surface area (Å²) in [5, 5.41) is 3.83. The Morgan fingerprint density at radius 3 is 2.08 bits per heavy atom. The molecule has 142 valence electrons. The van der Waals surface area contributed by atoms with Crippen LogP contribution in [-0.4, -0.2) is 43.1 Å². The van der Waals surface area contributed by atoms with Crippen LogP contribution in [0.3, 0.4) is 0 Å². The minimum absolute atomic E-state index is 0.0517. The van der Waals surface area contributed by atoms with E-state index < -0.39 is 33.0 Å². The third-order valence-corrected chi connectivity index (χ3v) is 3.18. The highest BCUT2D eigenvalue weighted by Gasteiger charge is 2.35. The van der Waals surface area contributed by atoms with E-state index in [1.54, 1.807) is 0 Å². The van der Waals surface area contributed by atoms with Crippen molar-refractivity contribution in [3.63, 3.8) is 0 Å². The minimum Gasteiger partial charge on any atom is -0.444 e. The van der Waals surface area contributed by atoms with E-state index in [4.69, 9.17) is 83.6 Å². The summed E-state index contributed by atoms with van der Waals surface area (Å²) in [6.45, 7) is -1.31. The standard InChI is InChI=1S/C12H7Cl6N3O5/c13-11(14,15)4-24-9(22)21(10(23)25-5-12(16,17)18)7-6-2-1-3-19-8(6)26-20-7/h1-3H,4-5H2. The fraction of sp³-hybridized carbons (Fsp3) is 0.333. The van der Waals surface area contributed by atoms with Gasteiger partial charge in [0.2, 0.25) is 13.4 Å². The topological polar surface area (TPSA) is 94.8 Å². The molecule has 2 heterocycles. The summed E-state index contributed by atoms with van der Waals surface area (Å²) in [5.74, 6) is -0.267. The summed E-state index contributed by atoms with van der Waals surface area (Å²) in [5.41, 5.74) is 0.0517. The van der Waals surface area contributed by atoms with Gasteiger partial charge in [-0.25, -0.2) is 14.6 Å². The van der Waals surface area contributed by atoms with Crippen LogP contribution in [0.1, 0.15) is 0 Å². The van der Waals surface area contributed by atoms with Crippen molar-refractivity contribution >= 4 is 98.7 Å². The SMILES string of the molecule is O=C(OCC(Cl)(Cl)Cl)N(C(=O)OCC(Cl)(Cl)Cl)c1noc2ncccc12. The molecule has 0 N–H and O–H groups in total. The van der Waals surface area contributed by atoms with Gasteiger partial charge in [0.05, 0.1) is 5.39 Å². The van der Waals surface area contributed by atoms with Gasteiger partial charge in [-0.05, 0) is 12.1 Å². The number of carbonyl (C=O) groups excluding carboxylic acids is 2. The second-order valence-electron chi connectivity index (χ2n) is 4.54. The highest BCUT2D eigenvalue weighted by molar-refractivity contribution is 6.68. The number of halogens is 6. The first-order chi connectivity index (χ1) is 12.0. The lowest BCUT2D eigenvalue weighted by atomic mass is 10.3. The molecule has 26 heavy (non-hydrogen) atoms. The first-order valence-corrected chi connectivity index (χ1v) is 8.72. The van der Waals surface area contributed by atoms with E-state index in [9.17, 15) is 9.59 Å². The van der Waals surface area contributed by atoms with Crippen molar-refractivity contribution < 1.29 is 23.6 Å². The number of hydrogen-bond donors (Lipinski definition) is 0. The lowest BCUT2D eigenvalue weighted by Crippen LogP contribution is -2.40. The van der Waals surface area contributed by atoms with Crippen molar-refractivity contribution in [2.75, 3.05) is 18.1 Å². The normalized spacial score (nSPS) is 12.1. The summed E-state index contributed by atoms with van der Waals surface area (Å²) < 4.78 is 10.7. The number of hydrogen-bond acceptors (Lipinski definition) is 7. The monoisotopic (exact) mass is 483 g/mol. The molecule has 2 aromatic rings. The molecule has 0 spiro atoms. The highest BCUT2D eigenvalue weighted by atomic mass is 35.6. The maximum atomic E-state index is 12.3. The first-order valence-electron chi connectivity index (χ1n) is 6.45. The molecular weight excluding hydrogens is 479 g/mol. The summed E-state index contributed by atoms with van der Waals surface area (Å²) in [6.07, 6.45) is -1.10. The average molecular weight is 486 g/mol. The Morgan fingerprint density at radius 1 is 1.04 bits per heavy atom. The van der Waals surface area contributed by atoms with E-state index in [-0.39, 0.29) is 16.9 Å². The van der Waals surface area contributed by atoms with Gasteiger partial charge in [-0.3, -0.25) is 0 Å². The predicted molar refractivity (Wildman–Crippen MR) is 97.6 cm³/mol. The molecule has 0 saturated carbocycles. The number of imide groups is 1. The zero-order valence-corrected chi connectivity index (χ0v) is 16.8. The number of alkyl halides is 6. The third-order valence-electron chi connectivity index (χ3n) is 2.53. The number of amides is 2. The van der Waals surface area contributed by atoms with Crippen molar-refractivity contribution in [3.8, 4) is 0 Å². The zero-order chi connectivity index (χ0) is 19.5. The Labute approximate surface area is 176 Å². The molecule has 0 atom stereocenters. The largest absolute Gasteiger partial charge is 0.444 e. The molecule has 0 aliphatic heterocycles. The number of fused-ring (bicyclic) bond motifs is 1. The molecular formula is C12H7Cl6N3O5. The molecule has 2 rings (SSSR count). The van der Waals surface area contributed by atoms with E-state index in [2.05, 4.69) is 10.1 Å². The van der Waals surface area contributed by atoms with Gasteiger partial charge in [-0.15, -0.1) is 0 Å². The van der Waals surface area contributed by atoms with Crippen molar-refractivity contribution in [1.82, 2.24) is 10.1 Å². The van der Waals surface area contributed by atoms with Gasteiger partial charge in [-0.1, -0.05) is 74.8 Å². The Kier molecular flexibility index (Phi) is 6.92. The second kappa shape index (κ2) is 8.41. The molecule has 0 bridgehead atoms. The predicted octanol–water partition coefficient (Wildman–Crippen LogP) is 5.04. The molecule has 2 aromatic heterocycles. The maximum Gasteiger partial charge on any atom is 0.425 e. The number of pyridine rings is 1. The minimum atomic E-state index is -1.91. The van der Waals surface area contributed by atoms with Crippen LogP contribution in [0.15, 0.2) is 22.9 Å². The Hall–Kier alpha value is -0.900. The van der Waals surface area contributed by atoms with Gasteiger partial charge in [0.25, 0.3) is 5.71 Å². The van der Waals surface area contributed by atoms with Crippen LogP contribution in [0.2, 0.25) is 0 Å². The lowest BCUT2D eigenvalue weighted by molar-refractivity contribution is 0.136. The van der Waals surface area contributed by atoms with Crippen molar-refractivity contribution in [2.24, 2.45) is 0 Å². The first kappa shape index (κ1) is 21.4. The Bertz CT molecular complexity index is 772. The van der Waals surface area contributed by atoms with Gasteiger partial charge in [-0.2, -0.15) is 4.90 Å². The molecule has 0 aliphatic rings. The van der Waals surface area contributed by atoms with Crippen LogP contribution < -0.4 is 4.90 Å². The lowest BCUT2D eigenvalue weighted by Gasteiger charge is -2.20. The quantitative estimate of drug-likeness (QED) is 0.562. The fourth-order valence-corrected chi connectivity index (χ4v) is 1.92. The average Bonchev–Trinajstić information content (AvgIpc) is 2.94. The van der Waals surface area contributed by atoms with Crippen LogP contribution in [0.25, 0.3) is 11.1 Å². The number of carbonyl (C=O) groups is 2. The zero-order valence-electron chi connectivity index (χ0n) is 12.3. The summed E-state index contributed by atoms with van der Waals surface area (Å²) >= 11 is 33.1. The van der Waals surface area contributed by atoms with Gasteiger partial charge in [0, 0.05) is 6.20 Å². The van der Waals surface area contributed by atoms with E-state index in [0.717, 1.165) is 0 Å². The van der Waals surface area contributed by atoms with Gasteiger partial charge >= 0.3 is 12.2 Å². The fourth-order valence-electron chi connectivity index (χ4n) is 1.59. The van der Waals surface area contributed by atoms with E-state index in [1.807, 2.05) is 0 Å². The van der Waals surface area contributed by atoms with E-state index in [0.29, 0.717) is 4.90 Å². The Morgan fingerprint density at radius 2 is 1.58 bits per heavy atom. The molecule has 0 radical (unpaired) electrons. The number of ether oxygens (including phenoxy) is 2. The summed E-state index contributed by atoms with van der Waals surface area (Å²) in [6, 6.07) is 3.02.